The van der Waals surface area contributed by atoms with Crippen LogP contribution in [-0.2, 0) is 16.0 Å². The second kappa shape index (κ2) is 4.83. The Morgan fingerprint density at radius 1 is 1.42 bits per heavy atom. The number of ether oxygens (including phenoxy) is 1. The Morgan fingerprint density at radius 2 is 2.11 bits per heavy atom. The van der Waals surface area contributed by atoms with Gasteiger partial charge in [0.25, 0.3) is 0 Å². The second-order valence-electron chi connectivity index (χ2n) is 5.24. The average Bonchev–Trinajstić information content (AvgIpc) is 2.27. The lowest BCUT2D eigenvalue weighted by atomic mass is 10.1. The van der Waals surface area contributed by atoms with Gasteiger partial charge in [-0.2, -0.15) is 0 Å². The molecule has 7 nitrogen and oxygen atoms in total. The summed E-state index contributed by atoms with van der Waals surface area (Å²) in [5.74, 6) is 0.119. The molecule has 102 valence electrons. The van der Waals surface area contributed by atoms with Crippen LogP contribution in [0.1, 0.15) is 26.5 Å². The largest absolute Gasteiger partial charge is 0.444 e. The molecule has 1 aromatic rings. The Bertz CT molecular complexity index is 510. The van der Waals surface area contributed by atoms with Gasteiger partial charge in [0.1, 0.15) is 11.6 Å². The molecule has 0 bridgehead atoms. The van der Waals surface area contributed by atoms with E-state index in [0.29, 0.717) is 17.9 Å². The average molecular weight is 264 g/mol. The number of amides is 2. The number of anilines is 1. The number of alkyl carbamates (subject to hydrolysis) is 1. The number of nitrogens with one attached hydrogen (secondary N) is 2. The molecule has 0 aliphatic carbocycles. The molecule has 2 amide bonds. The standard InChI is InChI=1S/C12H16N4O3/c1-12(2,3)19-11(18)15-8-6-7-9(16-10(8)17)14-5-4-13-7/h4-5,8H,6H2,1-3H3,(H,15,18)(H,14,16,17)/t8-/m0/s1. The van der Waals surface area contributed by atoms with Crippen LogP contribution in [0.3, 0.4) is 0 Å². The zero-order valence-electron chi connectivity index (χ0n) is 11.1. The van der Waals surface area contributed by atoms with Crippen LogP contribution in [0.5, 0.6) is 0 Å². The van der Waals surface area contributed by atoms with Gasteiger partial charge in [0.2, 0.25) is 5.91 Å². The molecule has 1 atom stereocenters. The van der Waals surface area contributed by atoms with E-state index in [4.69, 9.17) is 4.74 Å². The number of rotatable bonds is 1. The molecule has 0 unspecified atom stereocenters. The highest BCUT2D eigenvalue weighted by molar-refractivity contribution is 5.98. The van der Waals surface area contributed by atoms with Gasteiger partial charge in [-0.25, -0.2) is 9.78 Å². The first kappa shape index (κ1) is 13.3. The van der Waals surface area contributed by atoms with E-state index in [1.54, 1.807) is 27.0 Å². The van der Waals surface area contributed by atoms with Gasteiger partial charge in [-0.15, -0.1) is 0 Å². The van der Waals surface area contributed by atoms with E-state index in [-0.39, 0.29) is 5.91 Å². The highest BCUT2D eigenvalue weighted by Crippen LogP contribution is 2.17. The van der Waals surface area contributed by atoms with Crippen LogP contribution in [0.15, 0.2) is 12.4 Å². The molecular weight excluding hydrogens is 248 g/mol. The van der Waals surface area contributed by atoms with Gasteiger partial charge >= 0.3 is 6.09 Å². The van der Waals surface area contributed by atoms with Gasteiger partial charge in [-0.1, -0.05) is 0 Å². The zero-order valence-corrected chi connectivity index (χ0v) is 11.1. The van der Waals surface area contributed by atoms with Gasteiger partial charge in [-0.05, 0) is 20.8 Å². The minimum Gasteiger partial charge on any atom is -0.444 e. The minimum atomic E-state index is -0.695. The van der Waals surface area contributed by atoms with Crippen molar-refractivity contribution in [1.82, 2.24) is 15.3 Å². The van der Waals surface area contributed by atoms with Crippen molar-refractivity contribution in [3.8, 4) is 0 Å². The van der Waals surface area contributed by atoms with E-state index in [1.807, 2.05) is 0 Å². The van der Waals surface area contributed by atoms with Gasteiger partial charge in [-0.3, -0.25) is 9.78 Å². The maximum absolute atomic E-state index is 11.8. The lowest BCUT2D eigenvalue weighted by Gasteiger charge is -2.25. The van der Waals surface area contributed by atoms with E-state index in [9.17, 15) is 9.59 Å². The molecular formula is C12H16N4O3. The molecule has 7 heteroatoms. The second-order valence-corrected chi connectivity index (χ2v) is 5.24. The van der Waals surface area contributed by atoms with Crippen LogP contribution < -0.4 is 10.6 Å². The first-order chi connectivity index (χ1) is 8.85. The lowest BCUT2D eigenvalue weighted by Crippen LogP contribution is -2.49. The monoisotopic (exact) mass is 264 g/mol. The molecule has 19 heavy (non-hydrogen) atoms. The Kier molecular flexibility index (Phi) is 3.37. The molecule has 2 rings (SSSR count). The summed E-state index contributed by atoms with van der Waals surface area (Å²) in [7, 11) is 0. The van der Waals surface area contributed by atoms with Gasteiger partial charge in [0.05, 0.1) is 5.69 Å². The summed E-state index contributed by atoms with van der Waals surface area (Å²) < 4.78 is 5.11. The molecule has 1 aromatic heterocycles. The Morgan fingerprint density at radius 3 is 2.79 bits per heavy atom. The van der Waals surface area contributed by atoms with Crippen molar-refractivity contribution in [1.29, 1.82) is 0 Å². The van der Waals surface area contributed by atoms with Crippen LogP contribution in [0.2, 0.25) is 0 Å². The summed E-state index contributed by atoms with van der Waals surface area (Å²) in [4.78, 5) is 31.6. The number of hydrogen-bond acceptors (Lipinski definition) is 5. The van der Waals surface area contributed by atoms with Gasteiger partial charge in [0, 0.05) is 18.8 Å². The summed E-state index contributed by atoms with van der Waals surface area (Å²) in [6.07, 6.45) is 2.72. The third-order valence-electron chi connectivity index (χ3n) is 2.42. The summed E-state index contributed by atoms with van der Waals surface area (Å²) in [5, 5.41) is 5.12. The van der Waals surface area contributed by atoms with Crippen molar-refractivity contribution >= 4 is 17.8 Å². The minimum absolute atomic E-state index is 0.300. The smallest absolute Gasteiger partial charge is 0.408 e. The summed E-state index contributed by atoms with van der Waals surface area (Å²) in [6, 6.07) is -0.695. The molecule has 2 N–H and O–H groups in total. The topological polar surface area (TPSA) is 93.2 Å². The van der Waals surface area contributed by atoms with Crippen molar-refractivity contribution in [2.24, 2.45) is 0 Å². The summed E-state index contributed by atoms with van der Waals surface area (Å²) >= 11 is 0. The zero-order chi connectivity index (χ0) is 14.0. The number of nitrogens with zero attached hydrogens (tertiary/aromatic N) is 2. The number of hydrogen-bond donors (Lipinski definition) is 2. The Balaban J connectivity index is 2.03. The van der Waals surface area contributed by atoms with Gasteiger partial charge < -0.3 is 15.4 Å². The van der Waals surface area contributed by atoms with Crippen molar-refractivity contribution in [3.05, 3.63) is 18.1 Å². The maximum atomic E-state index is 11.8. The van der Waals surface area contributed by atoms with Crippen molar-refractivity contribution in [2.45, 2.75) is 38.8 Å². The first-order valence-electron chi connectivity index (χ1n) is 5.95. The van der Waals surface area contributed by atoms with Crippen LogP contribution in [0.25, 0.3) is 0 Å². The molecule has 0 fully saturated rings. The van der Waals surface area contributed by atoms with E-state index in [0.717, 1.165) is 0 Å². The quantitative estimate of drug-likeness (QED) is 0.784. The van der Waals surface area contributed by atoms with Crippen molar-refractivity contribution in [3.63, 3.8) is 0 Å². The lowest BCUT2D eigenvalue weighted by molar-refractivity contribution is -0.118. The highest BCUT2D eigenvalue weighted by Gasteiger charge is 2.30. The Hall–Kier alpha value is -2.18. The SMILES string of the molecule is CC(C)(C)OC(=O)N[C@H]1Cc2nccnc2NC1=O. The fourth-order valence-corrected chi connectivity index (χ4v) is 1.68. The van der Waals surface area contributed by atoms with E-state index < -0.39 is 17.7 Å². The number of fused-ring (bicyclic) bond motifs is 1. The third-order valence-corrected chi connectivity index (χ3v) is 2.42. The molecule has 1 aliphatic heterocycles. The summed E-state index contributed by atoms with van der Waals surface area (Å²) in [5.41, 5.74) is 0.0376. The molecule has 2 heterocycles. The highest BCUT2D eigenvalue weighted by atomic mass is 16.6. The van der Waals surface area contributed by atoms with Crippen LogP contribution in [-0.4, -0.2) is 33.6 Å². The van der Waals surface area contributed by atoms with Crippen molar-refractivity contribution in [2.75, 3.05) is 5.32 Å². The molecule has 0 saturated carbocycles. The molecule has 0 saturated heterocycles. The normalized spacial score (nSPS) is 18.3. The van der Waals surface area contributed by atoms with Crippen LogP contribution in [0, 0.1) is 0 Å². The first-order valence-corrected chi connectivity index (χ1v) is 5.95. The predicted octanol–water partition coefficient (Wildman–Crippen LogP) is 0.864. The number of carbonyl (C=O) groups is 2. The number of aromatic nitrogens is 2. The molecule has 0 aromatic carbocycles. The van der Waals surface area contributed by atoms with Crippen molar-refractivity contribution < 1.29 is 14.3 Å². The predicted molar refractivity (Wildman–Crippen MR) is 67.5 cm³/mol. The Labute approximate surface area is 110 Å². The third kappa shape index (κ3) is 3.40. The van der Waals surface area contributed by atoms with E-state index in [2.05, 4.69) is 20.6 Å². The van der Waals surface area contributed by atoms with Gasteiger partial charge in [0.15, 0.2) is 5.82 Å². The fraction of sp³-hybridized carbons (Fsp3) is 0.500. The number of carbonyl (C=O) groups excluding carboxylic acids is 2. The fourth-order valence-electron chi connectivity index (χ4n) is 1.68. The van der Waals surface area contributed by atoms with E-state index in [1.165, 1.54) is 6.20 Å². The molecule has 0 spiro atoms. The molecule has 0 radical (unpaired) electrons. The van der Waals surface area contributed by atoms with Crippen LogP contribution >= 0.6 is 0 Å². The van der Waals surface area contributed by atoms with Crippen LogP contribution in [0.4, 0.5) is 10.6 Å². The molecule has 1 aliphatic rings. The van der Waals surface area contributed by atoms with E-state index >= 15 is 0 Å². The summed E-state index contributed by atoms with van der Waals surface area (Å²) in [6.45, 7) is 5.27. The maximum Gasteiger partial charge on any atom is 0.408 e.